The largest absolute Gasteiger partial charge is 0.492 e. The number of amides is 1. The molecular weight excluding hydrogens is 328 g/mol. The fraction of sp³-hybridized carbons (Fsp3) is 0.300. The highest BCUT2D eigenvalue weighted by atomic mass is 16.5. The predicted octanol–water partition coefficient (Wildman–Crippen LogP) is 2.73. The van der Waals surface area contributed by atoms with Gasteiger partial charge in [-0.15, -0.1) is 0 Å². The van der Waals surface area contributed by atoms with E-state index >= 15 is 0 Å². The van der Waals surface area contributed by atoms with Crippen molar-refractivity contribution >= 4 is 17.6 Å². The Morgan fingerprint density at radius 2 is 1.92 bits per heavy atom. The minimum absolute atomic E-state index is 0.0796. The lowest BCUT2D eigenvalue weighted by molar-refractivity contribution is -0.114. The Morgan fingerprint density at radius 3 is 2.62 bits per heavy atom. The van der Waals surface area contributed by atoms with Crippen LogP contribution >= 0.6 is 0 Å². The maximum Gasteiger partial charge on any atom is 0.221 e. The summed E-state index contributed by atoms with van der Waals surface area (Å²) >= 11 is 0. The number of carbonyl (C=O) groups excluding carboxylic acids is 1. The van der Waals surface area contributed by atoms with Gasteiger partial charge in [-0.2, -0.15) is 0 Å². The molecule has 6 heteroatoms. The van der Waals surface area contributed by atoms with Gasteiger partial charge >= 0.3 is 0 Å². The number of aliphatic imine (C=N–C) groups is 1. The van der Waals surface area contributed by atoms with E-state index in [0.29, 0.717) is 19.7 Å². The Balaban J connectivity index is 1.82. The molecule has 0 radical (unpaired) electrons. The summed E-state index contributed by atoms with van der Waals surface area (Å²) < 4.78 is 5.72. The molecule has 0 bridgehead atoms. The molecule has 0 aliphatic carbocycles. The molecule has 0 fully saturated rings. The lowest BCUT2D eigenvalue weighted by Gasteiger charge is -2.22. The van der Waals surface area contributed by atoms with Gasteiger partial charge in [0.1, 0.15) is 12.4 Å². The number of rotatable bonds is 7. The van der Waals surface area contributed by atoms with Crippen LogP contribution in [0.15, 0.2) is 59.6 Å². The van der Waals surface area contributed by atoms with E-state index in [1.807, 2.05) is 66.5 Å². The molecular formula is C20H26N4O2. The zero-order valence-corrected chi connectivity index (χ0v) is 15.5. The maximum atomic E-state index is 11.2. The van der Waals surface area contributed by atoms with Crippen molar-refractivity contribution in [1.82, 2.24) is 10.2 Å². The van der Waals surface area contributed by atoms with E-state index in [-0.39, 0.29) is 5.91 Å². The fourth-order valence-electron chi connectivity index (χ4n) is 2.45. The number of guanidine groups is 1. The Bertz CT molecular complexity index is 732. The molecule has 0 heterocycles. The second-order valence-electron chi connectivity index (χ2n) is 5.87. The van der Waals surface area contributed by atoms with E-state index in [1.54, 1.807) is 7.05 Å². The number of nitrogens with one attached hydrogen (secondary N) is 2. The number of hydrogen-bond donors (Lipinski definition) is 2. The Labute approximate surface area is 154 Å². The van der Waals surface area contributed by atoms with Gasteiger partial charge in [0, 0.05) is 33.3 Å². The molecule has 0 saturated heterocycles. The van der Waals surface area contributed by atoms with Gasteiger partial charge < -0.3 is 20.3 Å². The molecule has 26 heavy (non-hydrogen) atoms. The summed E-state index contributed by atoms with van der Waals surface area (Å²) in [6, 6.07) is 17.5. The van der Waals surface area contributed by atoms with Gasteiger partial charge in [-0.1, -0.05) is 30.3 Å². The number of nitrogens with zero attached hydrogens (tertiary/aromatic N) is 2. The normalized spacial score (nSPS) is 11.0. The smallest absolute Gasteiger partial charge is 0.221 e. The van der Waals surface area contributed by atoms with E-state index in [9.17, 15) is 4.79 Å². The molecule has 2 rings (SSSR count). The summed E-state index contributed by atoms with van der Waals surface area (Å²) in [6.07, 6.45) is 0. The highest BCUT2D eigenvalue weighted by Gasteiger charge is 2.06. The first kappa shape index (κ1) is 19.3. The van der Waals surface area contributed by atoms with Crippen LogP contribution in [0.4, 0.5) is 5.69 Å². The van der Waals surface area contributed by atoms with Crippen molar-refractivity contribution in [3.63, 3.8) is 0 Å². The molecule has 0 aromatic heterocycles. The molecule has 138 valence electrons. The van der Waals surface area contributed by atoms with Gasteiger partial charge in [-0.05, 0) is 29.8 Å². The minimum atomic E-state index is -0.0796. The summed E-state index contributed by atoms with van der Waals surface area (Å²) in [6.45, 7) is 3.39. The molecule has 0 aliphatic heterocycles. The van der Waals surface area contributed by atoms with E-state index in [4.69, 9.17) is 4.74 Å². The van der Waals surface area contributed by atoms with Crippen LogP contribution in [-0.2, 0) is 11.3 Å². The van der Waals surface area contributed by atoms with Crippen LogP contribution in [0.2, 0.25) is 0 Å². The van der Waals surface area contributed by atoms with Gasteiger partial charge in [0.05, 0.1) is 6.54 Å². The lowest BCUT2D eigenvalue weighted by atomic mass is 10.2. The predicted molar refractivity (Wildman–Crippen MR) is 106 cm³/mol. The zero-order valence-electron chi connectivity index (χ0n) is 15.5. The zero-order chi connectivity index (χ0) is 18.8. The minimum Gasteiger partial charge on any atom is -0.492 e. The first-order valence-electron chi connectivity index (χ1n) is 8.54. The third-order valence-electron chi connectivity index (χ3n) is 3.71. The first-order chi connectivity index (χ1) is 12.6. The summed E-state index contributed by atoms with van der Waals surface area (Å²) in [4.78, 5) is 17.5. The van der Waals surface area contributed by atoms with Crippen LogP contribution in [0, 0.1) is 0 Å². The van der Waals surface area contributed by atoms with Crippen molar-refractivity contribution in [2.24, 2.45) is 4.99 Å². The van der Waals surface area contributed by atoms with Gasteiger partial charge in [0.25, 0.3) is 0 Å². The molecule has 6 nitrogen and oxygen atoms in total. The van der Waals surface area contributed by atoms with Gasteiger partial charge in [0.15, 0.2) is 5.96 Å². The third kappa shape index (κ3) is 6.47. The van der Waals surface area contributed by atoms with E-state index < -0.39 is 0 Å². The molecule has 0 unspecified atom stereocenters. The summed E-state index contributed by atoms with van der Waals surface area (Å²) in [5.74, 6) is 1.56. The summed E-state index contributed by atoms with van der Waals surface area (Å²) in [7, 11) is 3.72. The van der Waals surface area contributed by atoms with Crippen LogP contribution in [0.25, 0.3) is 0 Å². The fourth-order valence-corrected chi connectivity index (χ4v) is 2.45. The molecule has 2 aromatic carbocycles. The molecule has 0 spiro atoms. The topological polar surface area (TPSA) is 66.0 Å². The van der Waals surface area contributed by atoms with Crippen LogP contribution in [0.3, 0.4) is 0 Å². The monoisotopic (exact) mass is 354 g/mol. The molecule has 0 atom stereocenters. The van der Waals surface area contributed by atoms with Crippen LogP contribution < -0.4 is 15.4 Å². The lowest BCUT2D eigenvalue weighted by Crippen LogP contribution is -2.40. The number of likely N-dealkylation sites (N-methyl/N-ethyl adjacent to an activating group) is 1. The number of anilines is 1. The summed E-state index contributed by atoms with van der Waals surface area (Å²) in [5.41, 5.74) is 1.85. The van der Waals surface area contributed by atoms with Crippen molar-refractivity contribution in [2.45, 2.75) is 13.5 Å². The second kappa shape index (κ2) is 10.1. The molecule has 2 aromatic rings. The van der Waals surface area contributed by atoms with E-state index in [1.165, 1.54) is 6.92 Å². The van der Waals surface area contributed by atoms with Crippen molar-refractivity contribution in [1.29, 1.82) is 0 Å². The third-order valence-corrected chi connectivity index (χ3v) is 3.71. The van der Waals surface area contributed by atoms with Crippen molar-refractivity contribution in [3.05, 3.63) is 60.2 Å². The van der Waals surface area contributed by atoms with Crippen molar-refractivity contribution in [2.75, 3.05) is 32.6 Å². The van der Waals surface area contributed by atoms with E-state index in [2.05, 4.69) is 15.6 Å². The molecule has 1 amide bonds. The average molecular weight is 354 g/mol. The van der Waals surface area contributed by atoms with Gasteiger partial charge in [-0.25, -0.2) is 0 Å². The number of hydrogen-bond acceptors (Lipinski definition) is 3. The number of benzene rings is 2. The highest BCUT2D eigenvalue weighted by molar-refractivity contribution is 5.88. The quantitative estimate of drug-likeness (QED) is 0.593. The van der Waals surface area contributed by atoms with Gasteiger partial charge in [-0.3, -0.25) is 9.79 Å². The highest BCUT2D eigenvalue weighted by Crippen LogP contribution is 2.11. The second-order valence-corrected chi connectivity index (χ2v) is 5.87. The van der Waals surface area contributed by atoms with Gasteiger partial charge in [0.2, 0.25) is 5.91 Å². The SMILES string of the molecule is CN=C(NCc1cccc(NC(C)=O)c1)N(C)CCOc1ccccc1. The Hall–Kier alpha value is -3.02. The molecule has 0 saturated carbocycles. The number of carbonyl (C=O) groups is 1. The average Bonchev–Trinajstić information content (AvgIpc) is 2.63. The van der Waals surface area contributed by atoms with Crippen molar-refractivity contribution in [3.8, 4) is 5.75 Å². The maximum absolute atomic E-state index is 11.2. The molecule has 2 N–H and O–H groups in total. The Kier molecular flexibility index (Phi) is 7.49. The molecule has 0 aliphatic rings. The Morgan fingerprint density at radius 1 is 1.15 bits per heavy atom. The number of para-hydroxylation sites is 1. The van der Waals surface area contributed by atoms with Crippen molar-refractivity contribution < 1.29 is 9.53 Å². The van der Waals surface area contributed by atoms with Crippen LogP contribution in [-0.4, -0.2) is 44.0 Å². The number of ether oxygens (including phenoxy) is 1. The van der Waals surface area contributed by atoms with Crippen LogP contribution in [0.1, 0.15) is 12.5 Å². The first-order valence-corrected chi connectivity index (χ1v) is 8.54. The summed E-state index contributed by atoms with van der Waals surface area (Å²) in [5, 5.41) is 6.11. The standard InChI is InChI=1S/C20H26N4O2/c1-16(25)23-18-9-7-8-17(14-18)15-22-20(21-2)24(3)12-13-26-19-10-5-4-6-11-19/h4-11,14H,12-13,15H2,1-3H3,(H,21,22)(H,23,25). The van der Waals surface area contributed by atoms with E-state index in [0.717, 1.165) is 23.0 Å². The van der Waals surface area contributed by atoms with Crippen LogP contribution in [0.5, 0.6) is 5.75 Å².